The highest BCUT2D eigenvalue weighted by atomic mass is 35.5. The number of amides is 1. The summed E-state index contributed by atoms with van der Waals surface area (Å²) in [6.45, 7) is 1.54. The molecule has 0 spiro atoms. The van der Waals surface area contributed by atoms with Crippen LogP contribution in [0.25, 0.3) is 11.1 Å². The van der Waals surface area contributed by atoms with Gasteiger partial charge < -0.3 is 14.8 Å². The van der Waals surface area contributed by atoms with Crippen LogP contribution in [0.2, 0.25) is 5.02 Å². The lowest BCUT2D eigenvalue weighted by Gasteiger charge is -2.10. The summed E-state index contributed by atoms with van der Waals surface area (Å²) in [4.78, 5) is 35.1. The molecule has 0 aliphatic rings. The Bertz CT molecular complexity index is 1100. The number of carbonyl (C=O) groups excluding carboxylic acids is 2. The summed E-state index contributed by atoms with van der Waals surface area (Å²) in [7, 11) is 0. The fourth-order valence-electron chi connectivity index (χ4n) is 2.67. The van der Waals surface area contributed by atoms with E-state index in [4.69, 9.17) is 21.1 Å². The third-order valence-electron chi connectivity index (χ3n) is 4.10. The topological polar surface area (TPSA) is 108 Å². The second kappa shape index (κ2) is 10.1. The Labute approximate surface area is 186 Å². The number of halogens is 1. The molecule has 0 saturated heterocycles. The van der Waals surface area contributed by atoms with Gasteiger partial charge in [-0.05, 0) is 36.8 Å². The summed E-state index contributed by atoms with van der Waals surface area (Å²) in [5.74, 6) is -0.743. The monoisotopic (exact) mass is 460 g/mol. The summed E-state index contributed by atoms with van der Waals surface area (Å²) >= 11 is 7.13. The van der Waals surface area contributed by atoms with Crippen molar-refractivity contribution in [2.75, 3.05) is 18.5 Å². The van der Waals surface area contributed by atoms with Crippen LogP contribution >= 0.6 is 22.9 Å². The summed E-state index contributed by atoms with van der Waals surface area (Å²) in [5, 5.41) is 16.0. The molecule has 31 heavy (non-hydrogen) atoms. The fourth-order valence-corrected chi connectivity index (χ4v) is 3.77. The van der Waals surface area contributed by atoms with Crippen molar-refractivity contribution in [2.45, 2.75) is 6.92 Å². The van der Waals surface area contributed by atoms with Crippen molar-refractivity contribution in [1.82, 2.24) is 0 Å². The van der Waals surface area contributed by atoms with Gasteiger partial charge in [0.05, 0.1) is 11.5 Å². The molecule has 0 atom stereocenters. The van der Waals surface area contributed by atoms with E-state index in [1.165, 1.54) is 35.6 Å². The van der Waals surface area contributed by atoms with Crippen molar-refractivity contribution >= 4 is 45.5 Å². The van der Waals surface area contributed by atoms with E-state index in [9.17, 15) is 19.7 Å². The highest BCUT2D eigenvalue weighted by Gasteiger charge is 2.23. The van der Waals surface area contributed by atoms with Crippen LogP contribution in [-0.2, 0) is 9.53 Å². The SMILES string of the molecule is CCOC(=O)c1c(-c2ccc(Cl)cc2)csc1NC(=O)COc1ccc([N+](=O)[O-])cc1. The van der Waals surface area contributed by atoms with Gasteiger partial charge in [-0.1, -0.05) is 23.7 Å². The molecule has 10 heteroatoms. The lowest BCUT2D eigenvalue weighted by Crippen LogP contribution is -2.21. The lowest BCUT2D eigenvalue weighted by atomic mass is 10.0. The Morgan fingerprint density at radius 3 is 2.42 bits per heavy atom. The van der Waals surface area contributed by atoms with E-state index in [-0.39, 0.29) is 24.5 Å². The second-order valence-corrected chi connectivity index (χ2v) is 7.48. The van der Waals surface area contributed by atoms with E-state index in [0.717, 1.165) is 5.56 Å². The zero-order valence-electron chi connectivity index (χ0n) is 16.3. The van der Waals surface area contributed by atoms with Crippen LogP contribution in [0.5, 0.6) is 5.75 Å². The van der Waals surface area contributed by atoms with Crippen LogP contribution in [0.4, 0.5) is 10.7 Å². The Morgan fingerprint density at radius 2 is 1.81 bits per heavy atom. The maximum Gasteiger partial charge on any atom is 0.341 e. The number of anilines is 1. The van der Waals surface area contributed by atoms with E-state index in [0.29, 0.717) is 21.3 Å². The minimum atomic E-state index is -0.555. The number of hydrogen-bond donors (Lipinski definition) is 1. The number of hydrogen-bond acceptors (Lipinski definition) is 7. The number of non-ortho nitro benzene ring substituents is 1. The summed E-state index contributed by atoms with van der Waals surface area (Å²) in [5.41, 5.74) is 1.54. The number of nitrogens with zero attached hydrogens (tertiary/aromatic N) is 1. The first-order valence-corrected chi connectivity index (χ1v) is 10.4. The van der Waals surface area contributed by atoms with Crippen molar-refractivity contribution in [3.8, 4) is 16.9 Å². The number of thiophene rings is 1. The first-order valence-electron chi connectivity index (χ1n) is 9.10. The lowest BCUT2D eigenvalue weighted by molar-refractivity contribution is -0.384. The van der Waals surface area contributed by atoms with Crippen molar-refractivity contribution < 1.29 is 24.0 Å². The molecule has 3 aromatic rings. The Morgan fingerprint density at radius 1 is 1.13 bits per heavy atom. The molecule has 1 amide bonds. The van der Waals surface area contributed by atoms with Crippen LogP contribution in [0, 0.1) is 10.1 Å². The van der Waals surface area contributed by atoms with Crippen molar-refractivity contribution in [1.29, 1.82) is 0 Å². The van der Waals surface area contributed by atoms with Gasteiger partial charge >= 0.3 is 5.97 Å². The number of ether oxygens (including phenoxy) is 2. The van der Waals surface area contributed by atoms with Crippen molar-refractivity contribution in [3.63, 3.8) is 0 Å². The van der Waals surface area contributed by atoms with Gasteiger partial charge in [-0.3, -0.25) is 14.9 Å². The van der Waals surface area contributed by atoms with Gasteiger partial charge in [-0.2, -0.15) is 0 Å². The molecule has 0 radical (unpaired) electrons. The number of nitro benzene ring substituents is 1. The van der Waals surface area contributed by atoms with Gasteiger partial charge in [-0.15, -0.1) is 11.3 Å². The molecule has 0 unspecified atom stereocenters. The van der Waals surface area contributed by atoms with E-state index in [2.05, 4.69) is 5.32 Å². The average Bonchev–Trinajstić information content (AvgIpc) is 3.16. The van der Waals surface area contributed by atoms with Crippen LogP contribution in [-0.4, -0.2) is 30.0 Å². The highest BCUT2D eigenvalue weighted by molar-refractivity contribution is 7.15. The molecule has 0 aliphatic heterocycles. The molecule has 160 valence electrons. The normalized spacial score (nSPS) is 10.4. The van der Waals surface area contributed by atoms with Gasteiger partial charge in [0.15, 0.2) is 6.61 Å². The maximum absolute atomic E-state index is 12.6. The smallest absolute Gasteiger partial charge is 0.341 e. The van der Waals surface area contributed by atoms with Crippen LogP contribution in [0.15, 0.2) is 53.9 Å². The van der Waals surface area contributed by atoms with Gasteiger partial charge in [0.25, 0.3) is 11.6 Å². The zero-order chi connectivity index (χ0) is 22.4. The van der Waals surface area contributed by atoms with Gasteiger partial charge in [0.2, 0.25) is 0 Å². The second-order valence-electron chi connectivity index (χ2n) is 6.17. The fraction of sp³-hybridized carbons (Fsp3) is 0.143. The zero-order valence-corrected chi connectivity index (χ0v) is 17.9. The number of esters is 1. The largest absolute Gasteiger partial charge is 0.484 e. The van der Waals surface area contributed by atoms with Crippen LogP contribution in [0.3, 0.4) is 0 Å². The van der Waals surface area contributed by atoms with Crippen LogP contribution in [0.1, 0.15) is 17.3 Å². The number of rotatable bonds is 8. The van der Waals surface area contributed by atoms with E-state index in [1.54, 1.807) is 36.6 Å². The first kappa shape index (κ1) is 22.3. The molecule has 8 nitrogen and oxygen atoms in total. The standard InChI is InChI=1S/C21H17ClN2O6S/c1-2-29-21(26)19-17(13-3-5-14(22)6-4-13)12-31-20(19)23-18(25)11-30-16-9-7-15(8-10-16)24(27)28/h3-10,12H,2,11H2,1H3,(H,23,25). The number of carbonyl (C=O) groups is 2. The van der Waals surface area contributed by atoms with Gasteiger partial charge in [0.1, 0.15) is 16.3 Å². The number of nitro groups is 1. The quantitative estimate of drug-likeness (QED) is 0.282. The summed E-state index contributed by atoms with van der Waals surface area (Å²) in [6, 6.07) is 12.3. The molecule has 3 rings (SSSR count). The molecule has 0 aliphatic carbocycles. The highest BCUT2D eigenvalue weighted by Crippen LogP contribution is 2.36. The molecule has 1 heterocycles. The minimum absolute atomic E-state index is 0.0794. The van der Waals surface area contributed by atoms with E-state index < -0.39 is 16.8 Å². The minimum Gasteiger partial charge on any atom is -0.484 e. The predicted octanol–water partition coefficient (Wildman–Crippen LogP) is 5.17. The Hall–Kier alpha value is -3.43. The van der Waals surface area contributed by atoms with Gasteiger partial charge in [0, 0.05) is 28.1 Å². The third-order valence-corrected chi connectivity index (χ3v) is 5.24. The molecular weight excluding hydrogens is 444 g/mol. The summed E-state index contributed by atoms with van der Waals surface area (Å²) < 4.78 is 10.5. The molecule has 0 fully saturated rings. The summed E-state index contributed by atoms with van der Waals surface area (Å²) in [6.07, 6.45) is 0. The third kappa shape index (κ3) is 5.59. The maximum atomic E-state index is 12.6. The molecule has 1 N–H and O–H groups in total. The molecule has 2 aromatic carbocycles. The molecule has 0 saturated carbocycles. The Kier molecular flexibility index (Phi) is 7.22. The average molecular weight is 461 g/mol. The van der Waals surface area contributed by atoms with E-state index in [1.807, 2.05) is 0 Å². The predicted molar refractivity (Wildman–Crippen MR) is 118 cm³/mol. The van der Waals surface area contributed by atoms with Crippen LogP contribution < -0.4 is 10.1 Å². The Balaban J connectivity index is 1.75. The first-order chi connectivity index (χ1) is 14.9. The molecular formula is C21H17ClN2O6S. The molecule has 0 bridgehead atoms. The van der Waals surface area contributed by atoms with Crippen molar-refractivity contribution in [3.05, 3.63) is 74.6 Å². The number of benzene rings is 2. The molecule has 1 aromatic heterocycles. The van der Waals surface area contributed by atoms with Gasteiger partial charge in [-0.25, -0.2) is 4.79 Å². The number of nitrogens with one attached hydrogen (secondary N) is 1. The van der Waals surface area contributed by atoms with Crippen molar-refractivity contribution in [2.24, 2.45) is 0 Å². The van der Waals surface area contributed by atoms with E-state index >= 15 is 0 Å².